The molecule has 164 valence electrons. The Bertz CT molecular complexity index is 771. The van der Waals surface area contributed by atoms with Crippen LogP contribution in [-0.2, 0) is 16.5 Å². The summed E-state index contributed by atoms with van der Waals surface area (Å²) in [6.45, 7) is 6.18. The predicted octanol–water partition coefficient (Wildman–Crippen LogP) is 5.73. The van der Waals surface area contributed by atoms with E-state index in [9.17, 15) is 8.42 Å². The molecule has 1 aliphatic heterocycles. The third kappa shape index (κ3) is 8.39. The molecule has 6 heteroatoms. The van der Waals surface area contributed by atoms with Crippen molar-refractivity contribution in [2.24, 2.45) is 0 Å². The Morgan fingerprint density at radius 3 is 2.69 bits per heavy atom. The van der Waals surface area contributed by atoms with Gasteiger partial charge in [0.15, 0.2) is 0 Å². The van der Waals surface area contributed by atoms with Crippen LogP contribution >= 0.6 is 0 Å². The Morgan fingerprint density at radius 2 is 2.00 bits per heavy atom. The molecule has 2 unspecified atom stereocenters. The lowest BCUT2D eigenvalue weighted by atomic mass is 9.91. The minimum atomic E-state index is -4.06. The first-order valence-corrected chi connectivity index (χ1v) is 12.5. The van der Waals surface area contributed by atoms with E-state index in [4.69, 9.17) is 14.0 Å². The highest BCUT2D eigenvalue weighted by Gasteiger charge is 2.29. The summed E-state index contributed by atoms with van der Waals surface area (Å²) in [6.07, 6.45) is 13.6. The minimum Gasteiger partial charge on any atom is -0.489 e. The van der Waals surface area contributed by atoms with Crippen LogP contribution in [0.1, 0.15) is 77.7 Å². The van der Waals surface area contributed by atoms with Crippen LogP contribution in [0.3, 0.4) is 0 Å². The first kappa shape index (κ1) is 23.7. The van der Waals surface area contributed by atoms with Crippen LogP contribution in [0.4, 0.5) is 0 Å². The maximum absolute atomic E-state index is 11.1. The van der Waals surface area contributed by atoms with E-state index in [-0.39, 0.29) is 5.60 Å². The minimum absolute atomic E-state index is 0.296. The molecular weight excluding hydrogens is 388 g/mol. The molecule has 1 aromatic carbocycles. The fourth-order valence-electron chi connectivity index (χ4n) is 3.59. The summed E-state index contributed by atoms with van der Waals surface area (Å²) in [4.78, 5) is 0. The normalized spacial score (nSPS) is 20.3. The van der Waals surface area contributed by atoms with Gasteiger partial charge in [-0.3, -0.25) is 4.55 Å². The molecule has 0 fully saturated rings. The molecule has 0 aromatic heterocycles. The third-order valence-corrected chi connectivity index (χ3v) is 6.16. The Balaban J connectivity index is 1.92. The van der Waals surface area contributed by atoms with E-state index in [2.05, 4.69) is 26.0 Å². The van der Waals surface area contributed by atoms with Crippen molar-refractivity contribution in [2.75, 3.05) is 5.75 Å². The Hall–Kier alpha value is -1.53. The third-order valence-electron chi connectivity index (χ3n) is 5.37. The zero-order chi connectivity index (χ0) is 21.3. The molecule has 2 rings (SSSR count). The summed E-state index contributed by atoms with van der Waals surface area (Å²) in [5, 5.41) is 0. The zero-order valence-electron chi connectivity index (χ0n) is 18.0. The van der Waals surface area contributed by atoms with Gasteiger partial charge in [0.1, 0.15) is 29.0 Å². The predicted molar refractivity (Wildman–Crippen MR) is 117 cm³/mol. The number of aryl methyl sites for hydroxylation is 1. The molecule has 0 saturated carbocycles. The maximum atomic E-state index is 11.1. The van der Waals surface area contributed by atoms with Crippen LogP contribution in [0.5, 0.6) is 11.5 Å². The second kappa shape index (κ2) is 11.0. The molecule has 0 saturated heterocycles. The molecule has 0 bridgehead atoms. The van der Waals surface area contributed by atoms with Crippen molar-refractivity contribution in [3.05, 3.63) is 35.9 Å². The van der Waals surface area contributed by atoms with Gasteiger partial charge in [-0.25, -0.2) is 0 Å². The van der Waals surface area contributed by atoms with Gasteiger partial charge >= 0.3 is 0 Å². The quantitative estimate of drug-likeness (QED) is 0.263. The van der Waals surface area contributed by atoms with Gasteiger partial charge in [0.05, 0.1) is 0 Å². The summed E-state index contributed by atoms with van der Waals surface area (Å²) in [7, 11) is -4.06. The number of unbranched alkanes of at least 4 members (excludes halogenated alkanes) is 5. The van der Waals surface area contributed by atoms with E-state index in [1.165, 1.54) is 32.1 Å². The zero-order valence-corrected chi connectivity index (χ0v) is 18.8. The maximum Gasteiger partial charge on any atom is 0.268 e. The first-order chi connectivity index (χ1) is 13.7. The second-order valence-corrected chi connectivity index (χ2v) is 9.68. The molecule has 1 heterocycles. The molecule has 0 amide bonds. The van der Waals surface area contributed by atoms with Gasteiger partial charge in [0.2, 0.25) is 0 Å². The van der Waals surface area contributed by atoms with Crippen LogP contribution in [0.25, 0.3) is 0 Å². The van der Waals surface area contributed by atoms with Crippen LogP contribution in [0.15, 0.2) is 30.4 Å². The monoisotopic (exact) mass is 424 g/mol. The lowest BCUT2D eigenvalue weighted by molar-refractivity contribution is 0.113. The van der Waals surface area contributed by atoms with Crippen LogP contribution < -0.4 is 9.47 Å². The SMILES string of the molecule is CCCCCCCC=CC1(C)CCc2cc(OC(CC)CS(=O)(=O)O)ccc2O1. The molecule has 1 N–H and O–H groups in total. The summed E-state index contributed by atoms with van der Waals surface area (Å²) < 4.78 is 43.3. The summed E-state index contributed by atoms with van der Waals surface area (Å²) in [6, 6.07) is 5.61. The number of ether oxygens (including phenoxy) is 2. The standard InChI is InChI=1S/C23H36O5S/c1-4-6-7-8-9-10-11-15-23(3)16-14-19-17-21(12-13-22(19)28-23)27-20(5-2)18-29(24,25)26/h11-13,15,17,20H,4-10,14,16,18H2,1-3H3,(H,24,25,26). The summed E-state index contributed by atoms with van der Waals surface area (Å²) >= 11 is 0. The number of rotatable bonds is 12. The molecule has 0 aliphatic carbocycles. The van der Waals surface area contributed by atoms with Crippen molar-refractivity contribution in [3.8, 4) is 11.5 Å². The lowest BCUT2D eigenvalue weighted by Crippen LogP contribution is -2.34. The highest BCUT2D eigenvalue weighted by molar-refractivity contribution is 7.85. The molecule has 5 nitrogen and oxygen atoms in total. The van der Waals surface area contributed by atoms with Crippen molar-refractivity contribution < 1.29 is 22.4 Å². The van der Waals surface area contributed by atoms with Gasteiger partial charge in [0.25, 0.3) is 10.1 Å². The van der Waals surface area contributed by atoms with E-state index in [0.717, 1.165) is 30.6 Å². The fourth-order valence-corrected chi connectivity index (χ4v) is 4.36. The molecule has 0 spiro atoms. The Labute approximate surface area is 176 Å². The van der Waals surface area contributed by atoms with Gasteiger partial charge in [0, 0.05) is 0 Å². The van der Waals surface area contributed by atoms with E-state index < -0.39 is 22.0 Å². The van der Waals surface area contributed by atoms with Gasteiger partial charge in [-0.2, -0.15) is 8.42 Å². The van der Waals surface area contributed by atoms with Gasteiger partial charge < -0.3 is 9.47 Å². The highest BCUT2D eigenvalue weighted by atomic mass is 32.2. The van der Waals surface area contributed by atoms with Crippen molar-refractivity contribution >= 4 is 10.1 Å². The number of hydrogen-bond acceptors (Lipinski definition) is 4. The number of fused-ring (bicyclic) bond motifs is 1. The molecule has 29 heavy (non-hydrogen) atoms. The van der Waals surface area contributed by atoms with Crippen LogP contribution in [-0.4, -0.2) is 30.4 Å². The van der Waals surface area contributed by atoms with Crippen LogP contribution in [0, 0.1) is 0 Å². The fraction of sp³-hybridized carbons (Fsp3) is 0.652. The van der Waals surface area contributed by atoms with E-state index >= 15 is 0 Å². The van der Waals surface area contributed by atoms with Gasteiger partial charge in [-0.15, -0.1) is 0 Å². The van der Waals surface area contributed by atoms with Crippen molar-refractivity contribution in [1.82, 2.24) is 0 Å². The van der Waals surface area contributed by atoms with Crippen molar-refractivity contribution in [3.63, 3.8) is 0 Å². The first-order valence-electron chi connectivity index (χ1n) is 10.9. The van der Waals surface area contributed by atoms with Gasteiger partial charge in [-0.05, 0) is 68.9 Å². The molecule has 1 aliphatic rings. The van der Waals surface area contributed by atoms with E-state index in [0.29, 0.717) is 12.2 Å². The van der Waals surface area contributed by atoms with Gasteiger partial charge in [-0.1, -0.05) is 45.6 Å². The lowest BCUT2D eigenvalue weighted by Gasteiger charge is -2.34. The average Bonchev–Trinajstić information content (AvgIpc) is 2.66. The smallest absolute Gasteiger partial charge is 0.268 e. The van der Waals surface area contributed by atoms with Crippen molar-refractivity contribution in [1.29, 1.82) is 0 Å². The molecule has 0 radical (unpaired) electrons. The molecule has 1 aromatic rings. The van der Waals surface area contributed by atoms with E-state index in [1.807, 2.05) is 19.1 Å². The van der Waals surface area contributed by atoms with Crippen molar-refractivity contribution in [2.45, 2.75) is 90.3 Å². The topological polar surface area (TPSA) is 72.8 Å². The second-order valence-electron chi connectivity index (χ2n) is 8.19. The molecule has 2 atom stereocenters. The highest BCUT2D eigenvalue weighted by Crippen LogP contribution is 2.36. The average molecular weight is 425 g/mol. The largest absolute Gasteiger partial charge is 0.489 e. The number of benzene rings is 1. The molecular formula is C23H36O5S. The Morgan fingerprint density at radius 1 is 1.24 bits per heavy atom. The summed E-state index contributed by atoms with van der Waals surface area (Å²) in [5.41, 5.74) is 0.769. The Kier molecular flexibility index (Phi) is 9.03. The van der Waals surface area contributed by atoms with E-state index in [1.54, 1.807) is 6.07 Å². The summed E-state index contributed by atoms with van der Waals surface area (Å²) in [5.74, 6) is 1.05. The number of hydrogen-bond donors (Lipinski definition) is 1. The number of allylic oxidation sites excluding steroid dienone is 1. The van der Waals surface area contributed by atoms with Crippen LogP contribution in [0.2, 0.25) is 0 Å².